The number of hydrogen-bond acceptors (Lipinski definition) is 3. The number of carboxylic acids is 1. The number of rotatable bonds is 7. The van der Waals surface area contributed by atoms with Crippen molar-refractivity contribution in [1.82, 2.24) is 0 Å². The summed E-state index contributed by atoms with van der Waals surface area (Å²) in [6.45, 7) is 9.61. The van der Waals surface area contributed by atoms with Crippen molar-refractivity contribution in [3.63, 3.8) is 0 Å². The van der Waals surface area contributed by atoms with E-state index >= 15 is 0 Å². The van der Waals surface area contributed by atoms with E-state index in [1.54, 1.807) is 6.07 Å². The zero-order valence-corrected chi connectivity index (χ0v) is 23.8. The van der Waals surface area contributed by atoms with Crippen LogP contribution in [0.25, 0.3) is 0 Å². The van der Waals surface area contributed by atoms with Crippen LogP contribution in [0, 0.1) is 58.1 Å². The van der Waals surface area contributed by atoms with Gasteiger partial charge in [0.2, 0.25) is 0 Å². The number of aliphatic hydroxyl groups is 2. The highest BCUT2D eigenvalue weighted by Gasteiger charge is 2.64. The van der Waals surface area contributed by atoms with E-state index in [0.29, 0.717) is 41.9 Å². The number of carbonyl (C=O) groups is 1. The number of halogens is 1. The molecule has 11 atom stereocenters. The summed E-state index contributed by atoms with van der Waals surface area (Å²) in [5.74, 6) is 1.78. The molecule has 0 aliphatic heterocycles. The minimum atomic E-state index is -1.06. The van der Waals surface area contributed by atoms with E-state index in [1.165, 1.54) is 31.7 Å². The van der Waals surface area contributed by atoms with Gasteiger partial charge in [-0.1, -0.05) is 46.6 Å². The van der Waals surface area contributed by atoms with Crippen LogP contribution in [-0.2, 0) is 6.42 Å². The van der Waals surface area contributed by atoms with E-state index in [0.717, 1.165) is 50.2 Å². The second-order valence-corrected chi connectivity index (χ2v) is 14.1. The zero-order chi connectivity index (χ0) is 27.4. The Morgan fingerprint density at radius 2 is 1.76 bits per heavy atom. The van der Waals surface area contributed by atoms with Gasteiger partial charge >= 0.3 is 5.97 Å². The molecule has 0 saturated heterocycles. The summed E-state index contributed by atoms with van der Waals surface area (Å²) in [7, 11) is 0. The SMILES string of the molecule is CC[C@H]1C(O)C2C3CC[C@H]([C@H](C)CCCc4ccc(F)cc4C(=O)O)[C@@]3(C)CCC2[C@@]2(C)CC[C@@H](O)C[C@@H]12. The van der Waals surface area contributed by atoms with Crippen molar-refractivity contribution in [2.75, 3.05) is 0 Å². The lowest BCUT2D eigenvalue weighted by Crippen LogP contribution is -2.62. The van der Waals surface area contributed by atoms with Crippen LogP contribution in [0.15, 0.2) is 18.2 Å². The second-order valence-electron chi connectivity index (χ2n) is 14.1. The van der Waals surface area contributed by atoms with E-state index < -0.39 is 11.8 Å². The molecule has 0 heterocycles. The van der Waals surface area contributed by atoms with Crippen molar-refractivity contribution in [3.8, 4) is 0 Å². The Morgan fingerprint density at radius 1 is 1.05 bits per heavy atom. The third-order valence-corrected chi connectivity index (χ3v) is 12.6. The molecule has 1 aromatic carbocycles. The number of fused-ring (bicyclic) bond motifs is 5. The van der Waals surface area contributed by atoms with E-state index in [9.17, 15) is 24.5 Å². The van der Waals surface area contributed by atoms with Gasteiger partial charge in [0, 0.05) is 0 Å². The summed E-state index contributed by atoms with van der Waals surface area (Å²) in [4.78, 5) is 11.6. The quantitative estimate of drug-likeness (QED) is 0.352. The summed E-state index contributed by atoms with van der Waals surface area (Å²) in [6.07, 6.45) is 10.8. The van der Waals surface area contributed by atoms with Crippen LogP contribution in [0.3, 0.4) is 0 Å². The molecule has 3 N–H and O–H groups in total. The van der Waals surface area contributed by atoms with Crippen LogP contribution < -0.4 is 0 Å². The number of hydrogen-bond donors (Lipinski definition) is 3. The number of aliphatic hydroxyl groups excluding tert-OH is 2. The molecule has 0 amide bonds. The van der Waals surface area contributed by atoms with Gasteiger partial charge in [-0.25, -0.2) is 9.18 Å². The molecule has 4 saturated carbocycles. The number of aromatic carboxylic acids is 1. The molecule has 4 unspecified atom stereocenters. The van der Waals surface area contributed by atoms with Gasteiger partial charge in [-0.05, 0) is 128 Å². The highest BCUT2D eigenvalue weighted by atomic mass is 19.1. The average molecular weight is 529 g/mol. The first-order valence-electron chi connectivity index (χ1n) is 15.4. The summed E-state index contributed by atoms with van der Waals surface area (Å²) in [5.41, 5.74) is 1.27. The third-order valence-electron chi connectivity index (χ3n) is 12.6. The fourth-order valence-corrected chi connectivity index (χ4v) is 10.7. The molecule has 4 aliphatic carbocycles. The summed E-state index contributed by atoms with van der Waals surface area (Å²) >= 11 is 0. The predicted octanol–water partition coefficient (Wildman–Crippen LogP) is 7.11. The molecule has 4 nitrogen and oxygen atoms in total. The first-order valence-corrected chi connectivity index (χ1v) is 15.4. The number of benzene rings is 1. The Bertz CT molecular complexity index is 1030. The van der Waals surface area contributed by atoms with Gasteiger partial charge in [0.1, 0.15) is 5.82 Å². The second kappa shape index (κ2) is 10.5. The van der Waals surface area contributed by atoms with E-state index in [1.807, 2.05) is 0 Å². The lowest BCUT2D eigenvalue weighted by Gasteiger charge is -2.64. The van der Waals surface area contributed by atoms with Crippen molar-refractivity contribution < 1.29 is 24.5 Å². The largest absolute Gasteiger partial charge is 0.478 e. The van der Waals surface area contributed by atoms with Crippen molar-refractivity contribution >= 4 is 5.97 Å². The Kier molecular flexibility index (Phi) is 7.76. The molecule has 4 aliphatic rings. The Morgan fingerprint density at radius 3 is 2.47 bits per heavy atom. The topological polar surface area (TPSA) is 77.8 Å². The fraction of sp³-hybridized carbons (Fsp3) is 0.788. The van der Waals surface area contributed by atoms with Crippen molar-refractivity contribution in [2.45, 2.75) is 111 Å². The van der Waals surface area contributed by atoms with Crippen LogP contribution in [0.4, 0.5) is 4.39 Å². The molecule has 0 aromatic heterocycles. The van der Waals surface area contributed by atoms with Crippen LogP contribution in [0.5, 0.6) is 0 Å². The standard InChI is InChI=1S/C33H49FO4/c1-5-23-28-18-22(35)13-15-33(28,4)27-14-16-32(3)25(11-12-26(32)29(27)30(23)36)19(2)7-6-8-20-9-10-21(34)17-24(20)31(37)38/h9-10,17,19,22-23,25-30,35-36H,5-8,11-16,18H2,1-4H3,(H,37,38)/t19-,22-,23-,25-,26?,27?,28+,29?,30?,32-,33-/m1/s1. The summed E-state index contributed by atoms with van der Waals surface area (Å²) in [6, 6.07) is 4.13. The van der Waals surface area contributed by atoms with Crippen molar-refractivity contribution in [1.29, 1.82) is 0 Å². The molecule has 1 aromatic rings. The fourth-order valence-electron chi connectivity index (χ4n) is 10.7. The summed E-state index contributed by atoms with van der Waals surface area (Å²) < 4.78 is 13.6. The maximum atomic E-state index is 13.6. The smallest absolute Gasteiger partial charge is 0.336 e. The minimum absolute atomic E-state index is 0.0858. The van der Waals surface area contributed by atoms with Crippen LogP contribution >= 0.6 is 0 Å². The van der Waals surface area contributed by atoms with Crippen LogP contribution in [0.1, 0.15) is 108 Å². The third kappa shape index (κ3) is 4.54. The molecule has 5 rings (SSSR count). The first kappa shape index (κ1) is 28.1. The normalized spacial score (nSPS) is 43.1. The molecular formula is C33H49FO4. The van der Waals surface area contributed by atoms with E-state index in [-0.39, 0.29) is 34.5 Å². The number of aryl methyl sites for hydroxylation is 1. The lowest BCUT2D eigenvalue weighted by molar-refractivity contribution is -0.203. The van der Waals surface area contributed by atoms with Gasteiger partial charge in [0.25, 0.3) is 0 Å². The zero-order valence-electron chi connectivity index (χ0n) is 23.8. The Labute approximate surface area is 228 Å². The van der Waals surface area contributed by atoms with Crippen LogP contribution in [0.2, 0.25) is 0 Å². The molecule has 4 fully saturated rings. The van der Waals surface area contributed by atoms with Gasteiger partial charge in [-0.2, -0.15) is 0 Å². The minimum Gasteiger partial charge on any atom is -0.478 e. The average Bonchev–Trinajstić information content (AvgIpc) is 3.23. The lowest BCUT2D eigenvalue weighted by atomic mass is 9.41. The highest BCUT2D eigenvalue weighted by molar-refractivity contribution is 5.89. The Hall–Kier alpha value is -1.46. The Balaban J connectivity index is 1.30. The molecular weight excluding hydrogens is 479 g/mol. The summed E-state index contributed by atoms with van der Waals surface area (Å²) in [5, 5.41) is 31.9. The molecule has 0 bridgehead atoms. The molecule has 0 spiro atoms. The van der Waals surface area contributed by atoms with Gasteiger partial charge in [0.15, 0.2) is 0 Å². The van der Waals surface area contributed by atoms with E-state index in [2.05, 4.69) is 27.7 Å². The van der Waals surface area contributed by atoms with Gasteiger partial charge < -0.3 is 15.3 Å². The van der Waals surface area contributed by atoms with Crippen LogP contribution in [-0.4, -0.2) is 33.5 Å². The van der Waals surface area contributed by atoms with Crippen molar-refractivity contribution in [2.24, 2.45) is 52.3 Å². The molecule has 5 heteroatoms. The maximum Gasteiger partial charge on any atom is 0.336 e. The molecule has 212 valence electrons. The number of carboxylic acid groups (broad SMARTS) is 1. The van der Waals surface area contributed by atoms with Gasteiger partial charge in [-0.3, -0.25) is 0 Å². The van der Waals surface area contributed by atoms with E-state index in [4.69, 9.17) is 0 Å². The van der Waals surface area contributed by atoms with Gasteiger partial charge in [-0.15, -0.1) is 0 Å². The van der Waals surface area contributed by atoms with Gasteiger partial charge in [0.05, 0.1) is 17.8 Å². The monoisotopic (exact) mass is 528 g/mol. The molecule has 38 heavy (non-hydrogen) atoms. The molecule has 0 radical (unpaired) electrons. The predicted molar refractivity (Wildman–Crippen MR) is 147 cm³/mol. The first-order chi connectivity index (χ1) is 18.0. The van der Waals surface area contributed by atoms with Crippen molar-refractivity contribution in [3.05, 3.63) is 35.1 Å². The maximum absolute atomic E-state index is 13.6. The highest BCUT2D eigenvalue weighted by Crippen LogP contribution is 2.69.